The lowest BCUT2D eigenvalue weighted by Gasteiger charge is -2.29. The maximum absolute atomic E-state index is 12.9. The number of fused-ring (bicyclic) bond motifs is 1. The molecule has 1 aromatic carbocycles. The van der Waals surface area contributed by atoms with Gasteiger partial charge in [0.1, 0.15) is 6.04 Å². The van der Waals surface area contributed by atoms with E-state index in [2.05, 4.69) is 10.2 Å². The molecule has 8 nitrogen and oxygen atoms in total. The number of nitrogens with one attached hydrogen (secondary N) is 1. The molecule has 3 aliphatic heterocycles. The molecular formula is C21H27N3O5S. The fourth-order valence-corrected chi connectivity index (χ4v) is 4.97. The van der Waals surface area contributed by atoms with Gasteiger partial charge in [0.15, 0.2) is 0 Å². The van der Waals surface area contributed by atoms with Gasteiger partial charge in [-0.25, -0.2) is 0 Å². The van der Waals surface area contributed by atoms with Gasteiger partial charge in [0, 0.05) is 48.8 Å². The van der Waals surface area contributed by atoms with Gasteiger partial charge in [0.25, 0.3) is 5.91 Å². The van der Waals surface area contributed by atoms with Crippen LogP contribution in [0.2, 0.25) is 0 Å². The monoisotopic (exact) mass is 433 g/mol. The second kappa shape index (κ2) is 9.91. The summed E-state index contributed by atoms with van der Waals surface area (Å²) in [6.45, 7) is 6.19. The van der Waals surface area contributed by atoms with E-state index in [-0.39, 0.29) is 24.1 Å². The molecule has 1 unspecified atom stereocenters. The first-order valence-electron chi connectivity index (χ1n) is 10.4. The average Bonchev–Trinajstić information content (AvgIpc) is 3.08. The summed E-state index contributed by atoms with van der Waals surface area (Å²) in [7, 11) is 0. The molecule has 162 valence electrons. The van der Waals surface area contributed by atoms with Crippen molar-refractivity contribution in [1.82, 2.24) is 15.1 Å². The van der Waals surface area contributed by atoms with Gasteiger partial charge in [-0.15, -0.1) is 11.8 Å². The van der Waals surface area contributed by atoms with Gasteiger partial charge in [-0.3, -0.25) is 24.6 Å². The van der Waals surface area contributed by atoms with Crippen LogP contribution in [0.25, 0.3) is 0 Å². The number of morpholine rings is 1. The Bertz CT molecular complexity index is 812. The lowest BCUT2D eigenvalue weighted by atomic mass is 10.0. The topological polar surface area (TPSA) is 88.2 Å². The summed E-state index contributed by atoms with van der Waals surface area (Å²) in [6.07, 6.45) is 0.643. The third-order valence-electron chi connectivity index (χ3n) is 5.68. The van der Waals surface area contributed by atoms with Crippen molar-refractivity contribution in [2.24, 2.45) is 0 Å². The van der Waals surface area contributed by atoms with Gasteiger partial charge >= 0.3 is 0 Å². The number of thioether (sulfide) groups is 1. The van der Waals surface area contributed by atoms with E-state index in [1.54, 1.807) is 16.7 Å². The van der Waals surface area contributed by atoms with Gasteiger partial charge in [-0.2, -0.15) is 0 Å². The Balaban J connectivity index is 1.27. The quantitative estimate of drug-likeness (QED) is 0.370. The van der Waals surface area contributed by atoms with Crippen molar-refractivity contribution in [2.45, 2.75) is 30.3 Å². The maximum atomic E-state index is 12.9. The Morgan fingerprint density at radius 1 is 1.17 bits per heavy atom. The van der Waals surface area contributed by atoms with Crippen LogP contribution in [0.4, 0.5) is 0 Å². The number of amides is 3. The number of nitrogens with zero attached hydrogens (tertiary/aromatic N) is 2. The zero-order valence-corrected chi connectivity index (χ0v) is 17.7. The molecule has 3 amide bonds. The van der Waals surface area contributed by atoms with Gasteiger partial charge in [-0.1, -0.05) is 6.07 Å². The van der Waals surface area contributed by atoms with Gasteiger partial charge in [0.05, 0.1) is 26.4 Å². The minimum absolute atomic E-state index is 0.135. The molecule has 1 atom stereocenters. The van der Waals surface area contributed by atoms with Crippen LogP contribution in [0, 0.1) is 0 Å². The maximum Gasteiger partial charge on any atom is 0.255 e. The number of hydrogen-bond acceptors (Lipinski definition) is 7. The normalized spacial score (nSPS) is 22.3. The lowest BCUT2D eigenvalue weighted by molar-refractivity contribution is -0.136. The van der Waals surface area contributed by atoms with Gasteiger partial charge in [0.2, 0.25) is 11.8 Å². The molecule has 3 heterocycles. The Kier molecular flexibility index (Phi) is 7.04. The van der Waals surface area contributed by atoms with Crippen molar-refractivity contribution < 1.29 is 23.9 Å². The van der Waals surface area contributed by atoms with Crippen molar-refractivity contribution in [3.05, 3.63) is 29.3 Å². The molecule has 0 aliphatic carbocycles. The summed E-state index contributed by atoms with van der Waals surface area (Å²) in [4.78, 5) is 41.5. The molecule has 0 aromatic heterocycles. The Morgan fingerprint density at radius 2 is 2.00 bits per heavy atom. The van der Waals surface area contributed by atoms with Crippen molar-refractivity contribution in [3.63, 3.8) is 0 Å². The highest BCUT2D eigenvalue weighted by atomic mass is 32.2. The Morgan fingerprint density at radius 3 is 2.80 bits per heavy atom. The third kappa shape index (κ3) is 4.85. The van der Waals surface area contributed by atoms with Crippen molar-refractivity contribution >= 4 is 29.5 Å². The second-order valence-corrected chi connectivity index (χ2v) is 8.73. The van der Waals surface area contributed by atoms with Crippen LogP contribution in [0.5, 0.6) is 0 Å². The summed E-state index contributed by atoms with van der Waals surface area (Å²) in [5.74, 6) is 0.0101. The van der Waals surface area contributed by atoms with E-state index < -0.39 is 6.04 Å². The number of rotatable bonds is 8. The van der Waals surface area contributed by atoms with E-state index in [1.165, 1.54) is 0 Å². The Hall–Kier alpha value is -1.94. The number of imide groups is 1. The van der Waals surface area contributed by atoms with E-state index in [0.29, 0.717) is 31.7 Å². The molecule has 30 heavy (non-hydrogen) atoms. The molecule has 2 fully saturated rings. The first-order valence-corrected chi connectivity index (χ1v) is 11.4. The molecule has 4 rings (SSSR count). The number of benzene rings is 1. The predicted octanol–water partition coefficient (Wildman–Crippen LogP) is 0.889. The standard InChI is InChI=1S/C21H27N3O5S/c25-19-5-4-17(20(26)22-19)24-14-16-15(21(24)27)2-1-3-18(16)30-13-12-29-11-8-23-6-9-28-10-7-23/h1-3,17H,4-14H2,(H,22,25,26). The van der Waals surface area contributed by atoms with Crippen molar-refractivity contribution in [1.29, 1.82) is 0 Å². The van der Waals surface area contributed by atoms with Crippen LogP contribution >= 0.6 is 11.8 Å². The molecule has 0 radical (unpaired) electrons. The number of ether oxygens (including phenoxy) is 2. The summed E-state index contributed by atoms with van der Waals surface area (Å²) in [5, 5.41) is 2.34. The molecule has 1 N–H and O–H groups in total. The Labute approximate surface area is 180 Å². The van der Waals surface area contributed by atoms with Crippen LogP contribution in [-0.2, 0) is 25.6 Å². The fraction of sp³-hybridized carbons (Fsp3) is 0.571. The first kappa shape index (κ1) is 21.3. The summed E-state index contributed by atoms with van der Waals surface area (Å²) >= 11 is 1.67. The zero-order chi connectivity index (χ0) is 20.9. The molecule has 3 aliphatic rings. The highest BCUT2D eigenvalue weighted by molar-refractivity contribution is 7.99. The summed E-state index contributed by atoms with van der Waals surface area (Å²) in [6, 6.07) is 5.13. The first-order chi connectivity index (χ1) is 14.6. The van der Waals surface area contributed by atoms with Crippen LogP contribution in [0.3, 0.4) is 0 Å². The molecule has 0 spiro atoms. The number of carbonyl (C=O) groups excluding carboxylic acids is 3. The molecule has 0 saturated carbocycles. The number of hydrogen-bond donors (Lipinski definition) is 1. The highest BCUT2D eigenvalue weighted by Gasteiger charge is 2.39. The minimum atomic E-state index is -0.580. The molecule has 2 saturated heterocycles. The average molecular weight is 434 g/mol. The third-order valence-corrected chi connectivity index (χ3v) is 6.74. The highest BCUT2D eigenvalue weighted by Crippen LogP contribution is 2.34. The molecule has 9 heteroatoms. The van der Waals surface area contributed by atoms with E-state index in [4.69, 9.17) is 9.47 Å². The largest absolute Gasteiger partial charge is 0.379 e. The van der Waals surface area contributed by atoms with Crippen LogP contribution < -0.4 is 5.32 Å². The lowest BCUT2D eigenvalue weighted by Crippen LogP contribution is -2.52. The molecule has 0 bridgehead atoms. The van der Waals surface area contributed by atoms with Crippen LogP contribution in [0.15, 0.2) is 23.1 Å². The van der Waals surface area contributed by atoms with Gasteiger partial charge in [-0.05, 0) is 24.1 Å². The number of piperidine rings is 1. The van der Waals surface area contributed by atoms with E-state index >= 15 is 0 Å². The summed E-state index contributed by atoms with van der Waals surface area (Å²) in [5.41, 5.74) is 1.61. The minimum Gasteiger partial charge on any atom is -0.379 e. The van der Waals surface area contributed by atoms with Gasteiger partial charge < -0.3 is 14.4 Å². The second-order valence-electron chi connectivity index (χ2n) is 7.60. The summed E-state index contributed by atoms with van der Waals surface area (Å²) < 4.78 is 11.1. The zero-order valence-electron chi connectivity index (χ0n) is 16.9. The van der Waals surface area contributed by atoms with E-state index in [1.807, 2.05) is 18.2 Å². The van der Waals surface area contributed by atoms with E-state index in [0.717, 1.165) is 49.1 Å². The predicted molar refractivity (Wildman–Crippen MR) is 111 cm³/mol. The molecular weight excluding hydrogens is 406 g/mol. The number of carbonyl (C=O) groups is 3. The SMILES string of the molecule is O=C1CCC(N2Cc3c(SCCOCCN4CCOCC4)cccc3C2=O)C(=O)N1. The van der Waals surface area contributed by atoms with Crippen LogP contribution in [0.1, 0.15) is 28.8 Å². The van der Waals surface area contributed by atoms with Crippen molar-refractivity contribution in [3.8, 4) is 0 Å². The fourth-order valence-electron chi connectivity index (χ4n) is 4.02. The van der Waals surface area contributed by atoms with Crippen molar-refractivity contribution in [2.75, 3.05) is 51.8 Å². The van der Waals surface area contributed by atoms with E-state index in [9.17, 15) is 14.4 Å². The van der Waals surface area contributed by atoms with Crippen LogP contribution in [-0.4, -0.2) is 85.4 Å². The molecule has 1 aromatic rings. The smallest absolute Gasteiger partial charge is 0.255 e.